The SMILES string of the molecule is CN1CCN(c2noc(C3CCCC3=O)n2)CC1. The highest BCUT2D eigenvalue weighted by Crippen LogP contribution is 2.30. The molecule has 0 radical (unpaired) electrons. The number of likely N-dealkylation sites (N-methyl/N-ethyl adjacent to an activating group) is 1. The first-order chi connectivity index (χ1) is 8.74. The van der Waals surface area contributed by atoms with Crippen molar-refractivity contribution in [1.82, 2.24) is 15.0 Å². The highest BCUT2D eigenvalue weighted by molar-refractivity contribution is 5.86. The number of rotatable bonds is 2. The van der Waals surface area contributed by atoms with Crippen LogP contribution in [-0.2, 0) is 4.79 Å². The minimum Gasteiger partial charge on any atom is -0.337 e. The van der Waals surface area contributed by atoms with E-state index in [4.69, 9.17) is 4.52 Å². The van der Waals surface area contributed by atoms with Gasteiger partial charge in [0.2, 0.25) is 5.89 Å². The average molecular weight is 250 g/mol. The first kappa shape index (κ1) is 11.6. The van der Waals surface area contributed by atoms with Crippen molar-refractivity contribution in [2.45, 2.75) is 25.2 Å². The predicted molar refractivity (Wildman–Crippen MR) is 65.6 cm³/mol. The van der Waals surface area contributed by atoms with E-state index in [0.717, 1.165) is 39.0 Å². The van der Waals surface area contributed by atoms with Crippen LogP contribution in [-0.4, -0.2) is 54.1 Å². The molecule has 6 heteroatoms. The number of aromatic nitrogens is 2. The van der Waals surface area contributed by atoms with Crippen molar-refractivity contribution in [2.75, 3.05) is 38.1 Å². The van der Waals surface area contributed by atoms with Crippen molar-refractivity contribution < 1.29 is 9.32 Å². The summed E-state index contributed by atoms with van der Waals surface area (Å²) in [6.45, 7) is 3.83. The lowest BCUT2D eigenvalue weighted by Gasteiger charge is -2.31. The second-order valence-electron chi connectivity index (χ2n) is 5.13. The molecule has 1 aliphatic carbocycles. The van der Waals surface area contributed by atoms with Crippen LogP contribution in [0.4, 0.5) is 5.95 Å². The predicted octanol–water partition coefficient (Wildman–Crippen LogP) is 0.658. The van der Waals surface area contributed by atoms with Gasteiger partial charge in [0.1, 0.15) is 5.78 Å². The van der Waals surface area contributed by atoms with E-state index in [1.54, 1.807) is 0 Å². The van der Waals surface area contributed by atoms with Gasteiger partial charge in [-0.1, -0.05) is 0 Å². The fourth-order valence-electron chi connectivity index (χ4n) is 2.58. The molecule has 0 bridgehead atoms. The molecule has 1 aromatic heterocycles. The van der Waals surface area contributed by atoms with E-state index in [0.29, 0.717) is 18.3 Å². The van der Waals surface area contributed by atoms with Crippen LogP contribution in [0.1, 0.15) is 31.1 Å². The summed E-state index contributed by atoms with van der Waals surface area (Å²) in [6, 6.07) is 0. The summed E-state index contributed by atoms with van der Waals surface area (Å²) in [5, 5.41) is 4.01. The Balaban J connectivity index is 1.71. The molecule has 3 rings (SSSR count). The van der Waals surface area contributed by atoms with Gasteiger partial charge in [-0.05, 0) is 25.0 Å². The van der Waals surface area contributed by atoms with Crippen LogP contribution < -0.4 is 4.90 Å². The monoisotopic (exact) mass is 250 g/mol. The summed E-state index contributed by atoms with van der Waals surface area (Å²) in [4.78, 5) is 20.4. The first-order valence-corrected chi connectivity index (χ1v) is 6.54. The van der Waals surface area contributed by atoms with E-state index in [2.05, 4.69) is 27.0 Å². The van der Waals surface area contributed by atoms with Crippen LogP contribution >= 0.6 is 0 Å². The summed E-state index contributed by atoms with van der Waals surface area (Å²) in [6.07, 6.45) is 2.44. The summed E-state index contributed by atoms with van der Waals surface area (Å²) < 4.78 is 5.26. The summed E-state index contributed by atoms with van der Waals surface area (Å²) in [7, 11) is 2.11. The Morgan fingerprint density at radius 3 is 2.72 bits per heavy atom. The third kappa shape index (κ3) is 2.12. The highest BCUT2D eigenvalue weighted by atomic mass is 16.5. The Kier molecular flexibility index (Phi) is 3.03. The van der Waals surface area contributed by atoms with Crippen LogP contribution in [0.15, 0.2) is 4.52 Å². The Labute approximate surface area is 106 Å². The van der Waals surface area contributed by atoms with E-state index in [1.165, 1.54) is 0 Å². The van der Waals surface area contributed by atoms with Crippen LogP contribution in [0.5, 0.6) is 0 Å². The summed E-state index contributed by atoms with van der Waals surface area (Å²) in [5.74, 6) is 1.23. The third-order valence-electron chi connectivity index (χ3n) is 3.82. The number of hydrogen-bond donors (Lipinski definition) is 0. The van der Waals surface area contributed by atoms with Crippen molar-refractivity contribution in [3.05, 3.63) is 5.89 Å². The molecule has 0 N–H and O–H groups in total. The molecule has 0 amide bonds. The van der Waals surface area contributed by atoms with Crippen LogP contribution in [0.2, 0.25) is 0 Å². The maximum atomic E-state index is 11.7. The number of carbonyl (C=O) groups is 1. The van der Waals surface area contributed by atoms with E-state index >= 15 is 0 Å². The van der Waals surface area contributed by atoms with Crippen molar-refractivity contribution in [1.29, 1.82) is 0 Å². The topological polar surface area (TPSA) is 62.5 Å². The van der Waals surface area contributed by atoms with Gasteiger partial charge in [-0.2, -0.15) is 4.98 Å². The Bertz CT molecular complexity index is 437. The molecule has 1 aromatic rings. The normalized spacial score (nSPS) is 25.9. The fourth-order valence-corrected chi connectivity index (χ4v) is 2.58. The van der Waals surface area contributed by atoms with Gasteiger partial charge >= 0.3 is 0 Å². The van der Waals surface area contributed by atoms with E-state index in [9.17, 15) is 4.79 Å². The lowest BCUT2D eigenvalue weighted by atomic mass is 10.1. The molecule has 1 saturated heterocycles. The maximum Gasteiger partial charge on any atom is 0.266 e. The zero-order valence-corrected chi connectivity index (χ0v) is 10.6. The van der Waals surface area contributed by atoms with Gasteiger partial charge in [-0.25, -0.2) is 0 Å². The maximum absolute atomic E-state index is 11.7. The number of ketones is 1. The van der Waals surface area contributed by atoms with Crippen LogP contribution in [0.25, 0.3) is 0 Å². The largest absolute Gasteiger partial charge is 0.337 e. The van der Waals surface area contributed by atoms with Crippen LogP contribution in [0.3, 0.4) is 0 Å². The quantitative estimate of drug-likeness (QED) is 0.768. The summed E-state index contributed by atoms with van der Waals surface area (Å²) >= 11 is 0. The van der Waals surface area contributed by atoms with E-state index < -0.39 is 0 Å². The van der Waals surface area contributed by atoms with Crippen molar-refractivity contribution in [3.8, 4) is 0 Å². The Hall–Kier alpha value is -1.43. The molecule has 18 heavy (non-hydrogen) atoms. The van der Waals surface area contributed by atoms with Gasteiger partial charge in [-0.15, -0.1) is 0 Å². The molecule has 1 atom stereocenters. The van der Waals surface area contributed by atoms with Crippen molar-refractivity contribution in [2.24, 2.45) is 0 Å². The second-order valence-corrected chi connectivity index (χ2v) is 5.13. The van der Waals surface area contributed by atoms with Gasteiger partial charge in [-0.3, -0.25) is 4.79 Å². The van der Waals surface area contributed by atoms with E-state index in [-0.39, 0.29) is 11.7 Å². The molecule has 0 spiro atoms. The zero-order chi connectivity index (χ0) is 12.5. The average Bonchev–Trinajstić information content (AvgIpc) is 2.98. The van der Waals surface area contributed by atoms with E-state index in [1.807, 2.05) is 0 Å². The minimum absolute atomic E-state index is 0.154. The Morgan fingerprint density at radius 2 is 2.06 bits per heavy atom. The molecule has 1 unspecified atom stereocenters. The lowest BCUT2D eigenvalue weighted by Crippen LogP contribution is -2.44. The number of Topliss-reactive ketones (excluding diaryl/α,β-unsaturated/α-hetero) is 1. The Morgan fingerprint density at radius 1 is 1.28 bits per heavy atom. The smallest absolute Gasteiger partial charge is 0.266 e. The van der Waals surface area contributed by atoms with Gasteiger partial charge in [0, 0.05) is 32.6 Å². The molecular formula is C12H18N4O2. The molecule has 1 aliphatic heterocycles. The van der Waals surface area contributed by atoms with Crippen LogP contribution in [0, 0.1) is 0 Å². The van der Waals surface area contributed by atoms with Gasteiger partial charge in [0.05, 0.1) is 5.92 Å². The molecule has 2 heterocycles. The number of nitrogens with zero attached hydrogens (tertiary/aromatic N) is 4. The lowest BCUT2D eigenvalue weighted by molar-refractivity contribution is -0.119. The first-order valence-electron chi connectivity index (χ1n) is 6.54. The molecule has 1 saturated carbocycles. The molecule has 2 aliphatic rings. The molecule has 6 nitrogen and oxygen atoms in total. The highest BCUT2D eigenvalue weighted by Gasteiger charge is 2.31. The standard InChI is InChI=1S/C12H18N4O2/c1-15-5-7-16(8-6-15)12-13-11(18-14-12)9-3-2-4-10(9)17/h9H,2-8H2,1H3. The van der Waals surface area contributed by atoms with Crippen molar-refractivity contribution >= 4 is 11.7 Å². The molecule has 0 aromatic carbocycles. The zero-order valence-electron chi connectivity index (χ0n) is 10.6. The third-order valence-corrected chi connectivity index (χ3v) is 3.82. The second kappa shape index (κ2) is 4.68. The molecular weight excluding hydrogens is 232 g/mol. The number of piperazine rings is 1. The number of carbonyl (C=O) groups excluding carboxylic acids is 1. The summed E-state index contributed by atoms with van der Waals surface area (Å²) in [5.41, 5.74) is 0. The van der Waals surface area contributed by atoms with Crippen molar-refractivity contribution in [3.63, 3.8) is 0 Å². The number of hydrogen-bond acceptors (Lipinski definition) is 6. The van der Waals surface area contributed by atoms with Gasteiger partial charge in [0.25, 0.3) is 5.95 Å². The molecule has 2 fully saturated rings. The minimum atomic E-state index is -0.154. The number of anilines is 1. The molecule has 98 valence electrons. The van der Waals surface area contributed by atoms with Gasteiger partial charge < -0.3 is 14.3 Å². The van der Waals surface area contributed by atoms with Gasteiger partial charge in [0.15, 0.2) is 0 Å². The fraction of sp³-hybridized carbons (Fsp3) is 0.750.